The lowest BCUT2D eigenvalue weighted by Crippen LogP contribution is -2.56. The summed E-state index contributed by atoms with van der Waals surface area (Å²) in [6.45, 7) is 0. The van der Waals surface area contributed by atoms with Gasteiger partial charge in [0.2, 0.25) is 0 Å². The molecule has 0 amide bonds. The fourth-order valence-electron chi connectivity index (χ4n) is 5.57. The molecule has 0 aromatic heterocycles. The first-order valence-corrected chi connectivity index (χ1v) is 8.44. The first-order valence-electron chi connectivity index (χ1n) is 8.44. The Balaban J connectivity index is 1.48. The Morgan fingerprint density at radius 1 is 1.10 bits per heavy atom. The Morgan fingerprint density at radius 3 is 2.67 bits per heavy atom. The molecule has 5 aliphatic rings. The first kappa shape index (κ1) is 12.8. The topological polar surface area (TPSA) is 55.8 Å². The largest absolute Gasteiger partial charge is 0.390 e. The van der Waals surface area contributed by atoms with E-state index in [-0.39, 0.29) is 17.6 Å². The fourth-order valence-corrected chi connectivity index (χ4v) is 5.57. The quantitative estimate of drug-likeness (QED) is 0.691. The fraction of sp³-hybridized carbons (Fsp3) is 0.824. The minimum atomic E-state index is -0.588. The number of aliphatic hydroxyl groups is 1. The van der Waals surface area contributed by atoms with E-state index in [1.807, 2.05) is 0 Å². The highest BCUT2D eigenvalue weighted by Crippen LogP contribution is 2.56. The van der Waals surface area contributed by atoms with Gasteiger partial charge in [-0.25, -0.2) is 0 Å². The zero-order chi connectivity index (χ0) is 14.2. The lowest BCUT2D eigenvalue weighted by atomic mass is 9.69. The van der Waals surface area contributed by atoms with E-state index in [1.54, 1.807) is 0 Å². The van der Waals surface area contributed by atoms with E-state index in [9.17, 15) is 9.90 Å². The van der Waals surface area contributed by atoms with E-state index >= 15 is 0 Å². The number of ketones is 1. The first-order chi connectivity index (χ1) is 10.2. The number of allylic oxidation sites excluding steroid dienone is 2. The number of carbonyl (C=O) groups excluding carboxylic acids is 1. The molecule has 7 atom stereocenters. The number of aliphatic hydroxyl groups excluding tert-OH is 1. The van der Waals surface area contributed by atoms with Crippen molar-refractivity contribution in [2.24, 2.45) is 23.7 Å². The van der Waals surface area contributed by atoms with Gasteiger partial charge >= 0.3 is 0 Å². The number of hydrogen-bond donors (Lipinski definition) is 1. The molecule has 1 heterocycles. The van der Waals surface area contributed by atoms with Crippen LogP contribution in [0.2, 0.25) is 0 Å². The van der Waals surface area contributed by atoms with Crippen LogP contribution in [0.1, 0.15) is 38.5 Å². The minimum absolute atomic E-state index is 0.0430. The molecule has 4 nitrogen and oxygen atoms in total. The maximum absolute atomic E-state index is 12.9. The van der Waals surface area contributed by atoms with E-state index in [1.165, 1.54) is 6.42 Å². The molecule has 2 bridgehead atoms. The van der Waals surface area contributed by atoms with Crippen LogP contribution in [0.5, 0.6) is 0 Å². The second kappa shape index (κ2) is 4.18. The molecule has 0 aromatic carbocycles. The maximum atomic E-state index is 12.9. The van der Waals surface area contributed by atoms with E-state index < -0.39 is 24.1 Å². The Hall–Kier alpha value is -0.710. The lowest BCUT2D eigenvalue weighted by molar-refractivity contribution is -0.200. The molecule has 0 aromatic rings. The van der Waals surface area contributed by atoms with Gasteiger partial charge in [0.15, 0.2) is 11.6 Å². The van der Waals surface area contributed by atoms with E-state index in [4.69, 9.17) is 9.47 Å². The van der Waals surface area contributed by atoms with Crippen molar-refractivity contribution >= 4 is 5.78 Å². The number of fused-ring (bicyclic) bond motifs is 6. The molecule has 3 saturated carbocycles. The Bertz CT molecular complexity index is 507. The van der Waals surface area contributed by atoms with E-state index in [0.29, 0.717) is 11.8 Å². The van der Waals surface area contributed by atoms with Crippen LogP contribution in [0.15, 0.2) is 12.2 Å². The van der Waals surface area contributed by atoms with Crippen molar-refractivity contribution in [1.82, 2.24) is 0 Å². The molecule has 1 N–H and O–H groups in total. The van der Waals surface area contributed by atoms with Crippen LogP contribution >= 0.6 is 0 Å². The third kappa shape index (κ3) is 1.59. The molecule has 4 aliphatic carbocycles. The van der Waals surface area contributed by atoms with E-state index in [0.717, 1.165) is 32.1 Å². The van der Waals surface area contributed by atoms with Crippen molar-refractivity contribution in [1.29, 1.82) is 0 Å². The number of Topliss-reactive ketones (excluding diaryl/α,β-unsaturated/α-hetero) is 1. The van der Waals surface area contributed by atoms with Crippen LogP contribution in [0.4, 0.5) is 0 Å². The lowest BCUT2D eigenvalue weighted by Gasteiger charge is -2.40. The zero-order valence-corrected chi connectivity index (χ0v) is 12.1. The Kier molecular flexibility index (Phi) is 2.55. The zero-order valence-electron chi connectivity index (χ0n) is 12.1. The van der Waals surface area contributed by atoms with Gasteiger partial charge in [0.1, 0.15) is 12.2 Å². The van der Waals surface area contributed by atoms with Gasteiger partial charge in [0.05, 0.1) is 6.10 Å². The predicted octanol–water partition coefficient (Wildman–Crippen LogP) is 1.81. The molecular weight excluding hydrogens is 268 g/mol. The van der Waals surface area contributed by atoms with Gasteiger partial charge in [0, 0.05) is 24.7 Å². The number of rotatable bonds is 0. The molecule has 4 fully saturated rings. The minimum Gasteiger partial charge on any atom is -0.390 e. The number of carbonyl (C=O) groups is 1. The standard InChI is InChI=1S/C17H22O4/c18-13-11-9-4-5-10(8-9)12(11)14(19)16-15(13)20-17(21-16)6-2-1-3-7-17/h4-5,9-13,15-16,18H,1-3,6-8H2/t9-,10-,11+,12-,13-,15+,16-/m1/s1. The van der Waals surface area contributed by atoms with Crippen molar-refractivity contribution in [2.75, 3.05) is 0 Å². The molecule has 1 saturated heterocycles. The smallest absolute Gasteiger partial charge is 0.170 e. The summed E-state index contributed by atoms with van der Waals surface area (Å²) in [5, 5.41) is 10.8. The van der Waals surface area contributed by atoms with Crippen LogP contribution in [0.25, 0.3) is 0 Å². The van der Waals surface area contributed by atoms with Crippen molar-refractivity contribution in [3.8, 4) is 0 Å². The molecule has 0 unspecified atom stereocenters. The van der Waals surface area contributed by atoms with Crippen LogP contribution < -0.4 is 0 Å². The van der Waals surface area contributed by atoms with Gasteiger partial charge in [-0.15, -0.1) is 0 Å². The van der Waals surface area contributed by atoms with Crippen molar-refractivity contribution in [2.45, 2.75) is 62.6 Å². The summed E-state index contributed by atoms with van der Waals surface area (Å²) >= 11 is 0. The summed E-state index contributed by atoms with van der Waals surface area (Å²) < 4.78 is 12.3. The Morgan fingerprint density at radius 2 is 1.86 bits per heavy atom. The normalized spacial score (nSPS) is 53.2. The summed E-state index contributed by atoms with van der Waals surface area (Å²) in [6, 6.07) is 0. The Labute approximate surface area is 124 Å². The molecule has 4 heteroatoms. The van der Waals surface area contributed by atoms with Crippen LogP contribution in [0.3, 0.4) is 0 Å². The molecule has 114 valence electrons. The highest BCUT2D eigenvalue weighted by molar-refractivity contribution is 5.89. The SMILES string of the molecule is O=C1[C@H]2[C@@H]([C@@H](O)[C@@H]3OC4(CCCCC4)O[C@H]13)[C@@H]1C=C[C@@H]2C1. The van der Waals surface area contributed by atoms with Crippen molar-refractivity contribution in [3.05, 3.63) is 12.2 Å². The van der Waals surface area contributed by atoms with Gasteiger partial charge in [0.25, 0.3) is 0 Å². The van der Waals surface area contributed by atoms with E-state index in [2.05, 4.69) is 12.2 Å². The van der Waals surface area contributed by atoms with Gasteiger partial charge in [-0.2, -0.15) is 0 Å². The molecule has 1 aliphatic heterocycles. The second-order valence-electron chi connectivity index (χ2n) is 7.54. The van der Waals surface area contributed by atoms with Gasteiger partial charge in [-0.3, -0.25) is 4.79 Å². The number of hydrogen-bond acceptors (Lipinski definition) is 4. The average molecular weight is 290 g/mol. The van der Waals surface area contributed by atoms with Gasteiger partial charge < -0.3 is 14.6 Å². The predicted molar refractivity (Wildman–Crippen MR) is 74.3 cm³/mol. The van der Waals surface area contributed by atoms with Gasteiger partial charge in [-0.05, 0) is 31.1 Å². The van der Waals surface area contributed by atoms with Gasteiger partial charge in [-0.1, -0.05) is 18.6 Å². The summed E-state index contributed by atoms with van der Waals surface area (Å²) in [5.74, 6) is 0.278. The monoisotopic (exact) mass is 290 g/mol. The summed E-state index contributed by atoms with van der Waals surface area (Å²) in [5.41, 5.74) is 0. The molecule has 0 radical (unpaired) electrons. The molecule has 5 rings (SSSR count). The van der Waals surface area contributed by atoms with Crippen molar-refractivity contribution in [3.63, 3.8) is 0 Å². The molecule has 21 heavy (non-hydrogen) atoms. The van der Waals surface area contributed by atoms with Crippen LogP contribution in [-0.4, -0.2) is 35.0 Å². The number of ether oxygens (including phenoxy) is 2. The van der Waals surface area contributed by atoms with Crippen molar-refractivity contribution < 1.29 is 19.4 Å². The highest BCUT2D eigenvalue weighted by atomic mass is 16.8. The maximum Gasteiger partial charge on any atom is 0.170 e. The average Bonchev–Trinajstić information content (AvgIpc) is 3.18. The van der Waals surface area contributed by atoms with Crippen LogP contribution in [-0.2, 0) is 14.3 Å². The molecule has 1 spiro atoms. The summed E-state index contributed by atoms with van der Waals surface area (Å²) in [7, 11) is 0. The summed E-state index contributed by atoms with van der Waals surface area (Å²) in [4.78, 5) is 12.9. The summed E-state index contributed by atoms with van der Waals surface area (Å²) in [6.07, 6.45) is 8.95. The molecular formula is C17H22O4. The third-order valence-corrected chi connectivity index (χ3v) is 6.47. The highest BCUT2D eigenvalue weighted by Gasteiger charge is 2.64. The van der Waals surface area contributed by atoms with Crippen LogP contribution in [0, 0.1) is 23.7 Å². The third-order valence-electron chi connectivity index (χ3n) is 6.47. The second-order valence-corrected chi connectivity index (χ2v) is 7.54.